The summed E-state index contributed by atoms with van der Waals surface area (Å²) in [5.74, 6) is 1.55. The number of allylic oxidation sites excluding steroid dienone is 1. The molecule has 20 heavy (non-hydrogen) atoms. The topological polar surface area (TPSA) is 18.5 Å². The minimum atomic E-state index is 0.362. The fraction of sp³-hybridized carbons (Fsp3) is 0.889. The largest absolute Gasteiger partial charge is 0.359 e. The Morgan fingerprint density at radius 1 is 1.30 bits per heavy atom. The minimum Gasteiger partial charge on any atom is -0.359 e. The van der Waals surface area contributed by atoms with E-state index in [4.69, 9.17) is 9.47 Å². The molecule has 2 saturated carbocycles. The number of hydrogen-bond acceptors (Lipinski definition) is 2. The van der Waals surface area contributed by atoms with Gasteiger partial charge in [-0.15, -0.1) is 0 Å². The third-order valence-corrected chi connectivity index (χ3v) is 6.55. The van der Waals surface area contributed by atoms with Gasteiger partial charge in [0.15, 0.2) is 0 Å². The van der Waals surface area contributed by atoms with Crippen molar-refractivity contribution in [1.29, 1.82) is 0 Å². The van der Waals surface area contributed by atoms with Crippen LogP contribution in [-0.2, 0) is 9.47 Å². The summed E-state index contributed by atoms with van der Waals surface area (Å²) in [5, 5.41) is 0. The van der Waals surface area contributed by atoms with Gasteiger partial charge in [-0.1, -0.05) is 32.9 Å². The Balaban J connectivity index is 2.13. The fourth-order valence-electron chi connectivity index (χ4n) is 4.82. The van der Waals surface area contributed by atoms with Crippen LogP contribution in [0.2, 0.25) is 0 Å². The first-order chi connectivity index (χ1) is 9.45. The lowest BCUT2D eigenvalue weighted by Crippen LogP contribution is -2.50. The van der Waals surface area contributed by atoms with Gasteiger partial charge in [0.2, 0.25) is 0 Å². The highest BCUT2D eigenvalue weighted by atomic mass is 16.7. The zero-order valence-electron chi connectivity index (χ0n) is 13.8. The van der Waals surface area contributed by atoms with Crippen molar-refractivity contribution in [2.45, 2.75) is 59.3 Å². The summed E-state index contributed by atoms with van der Waals surface area (Å²) < 4.78 is 10.6. The molecule has 2 fully saturated rings. The van der Waals surface area contributed by atoms with Crippen molar-refractivity contribution in [3.63, 3.8) is 0 Å². The Bertz CT molecular complexity index is 351. The summed E-state index contributed by atoms with van der Waals surface area (Å²) in [4.78, 5) is 0. The Hall–Kier alpha value is -0.340. The van der Waals surface area contributed by atoms with Gasteiger partial charge in [0, 0.05) is 13.7 Å². The van der Waals surface area contributed by atoms with Crippen LogP contribution in [0.1, 0.15) is 59.3 Å². The smallest absolute Gasteiger partial charge is 0.146 e. The lowest BCUT2D eigenvalue weighted by Gasteiger charge is -2.58. The maximum Gasteiger partial charge on any atom is 0.146 e. The highest BCUT2D eigenvalue weighted by Crippen LogP contribution is 2.62. The third kappa shape index (κ3) is 2.69. The summed E-state index contributed by atoms with van der Waals surface area (Å²) in [7, 11) is 1.69. The number of hydrogen-bond donors (Lipinski definition) is 0. The van der Waals surface area contributed by atoms with E-state index in [0.717, 1.165) is 24.9 Å². The van der Waals surface area contributed by atoms with Crippen LogP contribution in [0.5, 0.6) is 0 Å². The first kappa shape index (κ1) is 16.0. The van der Waals surface area contributed by atoms with Gasteiger partial charge in [0.25, 0.3) is 0 Å². The molecule has 0 amide bonds. The molecule has 0 aromatic carbocycles. The Morgan fingerprint density at radius 3 is 2.75 bits per heavy atom. The molecule has 0 bridgehead atoms. The lowest BCUT2D eigenvalue weighted by molar-refractivity contribution is -0.0879. The van der Waals surface area contributed by atoms with Crippen molar-refractivity contribution in [3.05, 3.63) is 12.2 Å². The molecule has 0 spiro atoms. The molecule has 2 rings (SSSR count). The van der Waals surface area contributed by atoms with E-state index in [2.05, 4.69) is 27.4 Å². The molecule has 0 aromatic rings. The number of methoxy groups -OCH3 is 1. The van der Waals surface area contributed by atoms with Crippen LogP contribution in [0.25, 0.3) is 0 Å². The predicted molar refractivity (Wildman–Crippen MR) is 83.5 cm³/mol. The lowest BCUT2D eigenvalue weighted by atomic mass is 9.46. The second-order valence-electron chi connectivity index (χ2n) is 7.48. The highest BCUT2D eigenvalue weighted by Gasteiger charge is 2.53. The molecule has 0 N–H and O–H groups in total. The third-order valence-electron chi connectivity index (χ3n) is 6.55. The maximum absolute atomic E-state index is 5.59. The van der Waals surface area contributed by atoms with Crippen molar-refractivity contribution in [1.82, 2.24) is 0 Å². The number of fused-ring (bicyclic) bond motifs is 1. The molecular weight excluding hydrogens is 248 g/mol. The van der Waals surface area contributed by atoms with E-state index in [9.17, 15) is 0 Å². The maximum atomic E-state index is 5.59. The van der Waals surface area contributed by atoms with E-state index in [1.165, 1.54) is 37.7 Å². The average Bonchev–Trinajstić information content (AvgIpc) is 2.42. The van der Waals surface area contributed by atoms with Crippen molar-refractivity contribution in [3.8, 4) is 0 Å². The van der Waals surface area contributed by atoms with Gasteiger partial charge in [0.1, 0.15) is 6.79 Å². The quantitative estimate of drug-likeness (QED) is 0.409. The zero-order valence-corrected chi connectivity index (χ0v) is 13.8. The molecule has 4 atom stereocenters. The van der Waals surface area contributed by atoms with Crippen LogP contribution in [0.15, 0.2) is 12.2 Å². The number of rotatable bonds is 5. The molecule has 2 nitrogen and oxygen atoms in total. The molecule has 0 saturated heterocycles. The van der Waals surface area contributed by atoms with Gasteiger partial charge in [-0.05, 0) is 61.2 Å². The Morgan fingerprint density at radius 2 is 2.05 bits per heavy atom. The van der Waals surface area contributed by atoms with Crippen LogP contribution in [0, 0.1) is 22.7 Å². The first-order valence-electron chi connectivity index (χ1n) is 8.20. The molecule has 0 heterocycles. The van der Waals surface area contributed by atoms with E-state index in [1.807, 2.05) is 0 Å². The van der Waals surface area contributed by atoms with Gasteiger partial charge >= 0.3 is 0 Å². The van der Waals surface area contributed by atoms with Crippen LogP contribution >= 0.6 is 0 Å². The van der Waals surface area contributed by atoms with Crippen LogP contribution in [-0.4, -0.2) is 20.5 Å². The summed E-state index contributed by atoms with van der Waals surface area (Å²) in [6, 6.07) is 0. The van der Waals surface area contributed by atoms with E-state index in [0.29, 0.717) is 17.6 Å². The Labute approximate surface area is 124 Å². The van der Waals surface area contributed by atoms with Gasteiger partial charge in [-0.25, -0.2) is 0 Å². The molecule has 0 unspecified atom stereocenters. The minimum absolute atomic E-state index is 0.362. The second-order valence-corrected chi connectivity index (χ2v) is 7.48. The van der Waals surface area contributed by atoms with Gasteiger partial charge in [0.05, 0.1) is 0 Å². The molecule has 2 aliphatic carbocycles. The zero-order chi connectivity index (χ0) is 14.8. The highest BCUT2D eigenvalue weighted by molar-refractivity contribution is 5.19. The number of ether oxygens (including phenoxy) is 2. The first-order valence-corrected chi connectivity index (χ1v) is 8.20. The summed E-state index contributed by atoms with van der Waals surface area (Å²) in [6.07, 6.45) is 7.71. The fourth-order valence-corrected chi connectivity index (χ4v) is 4.82. The Kier molecular flexibility index (Phi) is 4.96. The van der Waals surface area contributed by atoms with E-state index in [-0.39, 0.29) is 0 Å². The normalized spacial score (nSPS) is 41.5. The van der Waals surface area contributed by atoms with Crippen molar-refractivity contribution < 1.29 is 9.47 Å². The predicted octanol–water partition coefficient (Wildman–Crippen LogP) is 4.80. The summed E-state index contributed by atoms with van der Waals surface area (Å²) >= 11 is 0. The molecular formula is C18H32O2. The van der Waals surface area contributed by atoms with Crippen LogP contribution < -0.4 is 0 Å². The van der Waals surface area contributed by atoms with Crippen molar-refractivity contribution in [2.75, 3.05) is 20.5 Å². The van der Waals surface area contributed by atoms with Gasteiger partial charge in [-0.3, -0.25) is 0 Å². The molecule has 2 aliphatic rings. The molecule has 0 aromatic heterocycles. The molecule has 2 heteroatoms. The van der Waals surface area contributed by atoms with Crippen molar-refractivity contribution in [2.24, 2.45) is 22.7 Å². The SMILES string of the molecule is C=C1CCC[C@@H]2[C@@](C)(CCOCOC)[C@H](C)CC[C@@]12C. The van der Waals surface area contributed by atoms with Crippen LogP contribution in [0.4, 0.5) is 0 Å². The second kappa shape index (κ2) is 6.19. The van der Waals surface area contributed by atoms with E-state index >= 15 is 0 Å². The summed E-state index contributed by atoms with van der Waals surface area (Å²) in [5.41, 5.74) is 2.25. The van der Waals surface area contributed by atoms with Crippen molar-refractivity contribution >= 4 is 0 Å². The monoisotopic (exact) mass is 280 g/mol. The molecule has 0 aliphatic heterocycles. The molecule has 116 valence electrons. The van der Waals surface area contributed by atoms with Gasteiger partial charge < -0.3 is 9.47 Å². The molecule has 0 radical (unpaired) electrons. The van der Waals surface area contributed by atoms with Gasteiger partial charge in [-0.2, -0.15) is 0 Å². The van der Waals surface area contributed by atoms with E-state index in [1.54, 1.807) is 7.11 Å². The van der Waals surface area contributed by atoms with Crippen LogP contribution in [0.3, 0.4) is 0 Å². The van der Waals surface area contributed by atoms with E-state index < -0.39 is 0 Å². The summed E-state index contributed by atoms with van der Waals surface area (Å²) in [6.45, 7) is 13.1. The average molecular weight is 280 g/mol. The standard InChI is InChI=1S/C18H32O2/c1-14-7-6-8-16-17(14,3)10-9-15(2)18(16,4)11-12-20-13-19-5/h15-16H,1,6-13H2,2-5H3/t15-,16+,17+,18+/m1/s1.